The van der Waals surface area contributed by atoms with Gasteiger partial charge >= 0.3 is 5.97 Å². The smallest absolute Gasteiger partial charge is 0.321 e. The molecule has 0 N–H and O–H groups in total. The summed E-state index contributed by atoms with van der Waals surface area (Å²) in [4.78, 5) is 21.9. The first kappa shape index (κ1) is 21.5. The molecule has 1 aliphatic heterocycles. The highest BCUT2D eigenvalue weighted by atomic mass is 16.5. The Bertz CT molecular complexity index is 1270. The second kappa shape index (κ2) is 7.89. The van der Waals surface area contributed by atoms with Gasteiger partial charge in [0.25, 0.3) is 0 Å². The number of rotatable bonds is 5. The summed E-state index contributed by atoms with van der Waals surface area (Å²) >= 11 is 0. The number of carbonyl (C=O) groups excluding carboxylic acids is 1. The van der Waals surface area contributed by atoms with Crippen LogP contribution in [0.2, 0.25) is 0 Å². The molecule has 2 aromatic carbocycles. The molecule has 33 heavy (non-hydrogen) atoms. The average molecular weight is 445 g/mol. The van der Waals surface area contributed by atoms with Gasteiger partial charge in [-0.1, -0.05) is 30.3 Å². The van der Waals surface area contributed by atoms with Gasteiger partial charge in [-0.15, -0.1) is 0 Å². The minimum atomic E-state index is -0.843. The molecule has 1 aromatic heterocycles. The van der Waals surface area contributed by atoms with Crippen molar-refractivity contribution in [2.45, 2.75) is 44.2 Å². The third-order valence-electron chi connectivity index (χ3n) is 7.08. The Labute approximate surface area is 193 Å². The van der Waals surface area contributed by atoms with E-state index in [0.29, 0.717) is 35.4 Å². The van der Waals surface area contributed by atoms with Crippen LogP contribution in [0, 0.1) is 18.3 Å². The van der Waals surface area contributed by atoms with Crippen molar-refractivity contribution in [1.29, 1.82) is 5.26 Å². The Balaban J connectivity index is 1.85. The molecule has 0 unspecified atom stereocenters. The normalized spacial score (nSPS) is 19.2. The van der Waals surface area contributed by atoms with Crippen LogP contribution >= 0.6 is 0 Å². The van der Waals surface area contributed by atoms with Crippen LogP contribution in [0.3, 0.4) is 0 Å². The highest BCUT2D eigenvalue weighted by Gasteiger charge is 2.57. The van der Waals surface area contributed by atoms with Crippen molar-refractivity contribution in [2.24, 2.45) is 0 Å². The number of esters is 1. The van der Waals surface area contributed by atoms with Gasteiger partial charge in [0, 0.05) is 12.1 Å². The number of hydrogen-bond donors (Lipinski definition) is 0. The summed E-state index contributed by atoms with van der Waals surface area (Å²) in [7, 11) is 5.56. The third-order valence-corrected chi connectivity index (χ3v) is 7.08. The van der Waals surface area contributed by atoms with Crippen LogP contribution in [0.25, 0.3) is 22.2 Å². The van der Waals surface area contributed by atoms with Crippen molar-refractivity contribution >= 4 is 22.8 Å². The molecular weight excluding hydrogens is 416 g/mol. The summed E-state index contributed by atoms with van der Waals surface area (Å²) in [6.07, 6.45) is 3.57. The first-order valence-electron chi connectivity index (χ1n) is 11.4. The van der Waals surface area contributed by atoms with E-state index in [1.807, 2.05) is 25.1 Å². The molecular formula is C26H28N4O3. The summed E-state index contributed by atoms with van der Waals surface area (Å²) in [5, 5.41) is 10.1. The molecule has 2 heterocycles. The molecule has 7 nitrogen and oxygen atoms in total. The second-order valence-corrected chi connectivity index (χ2v) is 9.25. The summed E-state index contributed by atoms with van der Waals surface area (Å²) in [6.45, 7) is 2.85. The monoisotopic (exact) mass is 444 g/mol. The van der Waals surface area contributed by atoms with Gasteiger partial charge in [-0.25, -0.2) is 4.98 Å². The maximum absolute atomic E-state index is 12.6. The number of benzene rings is 2. The highest BCUT2D eigenvalue weighted by molar-refractivity contribution is 6.03. The van der Waals surface area contributed by atoms with E-state index in [0.717, 1.165) is 41.8 Å². The largest absolute Gasteiger partial charge is 0.468 e. The molecule has 1 saturated carbocycles. The fourth-order valence-corrected chi connectivity index (χ4v) is 5.19. The zero-order valence-electron chi connectivity index (χ0n) is 19.5. The number of aromatic nitrogens is 1. The number of anilines is 1. The van der Waals surface area contributed by atoms with Crippen LogP contribution in [0.5, 0.6) is 0 Å². The molecule has 1 saturated heterocycles. The number of ether oxygens (including phenoxy) is 1. The van der Waals surface area contributed by atoms with Gasteiger partial charge in [0.05, 0.1) is 24.5 Å². The number of methoxy groups -OCH3 is 1. The van der Waals surface area contributed by atoms with Gasteiger partial charge in [0.2, 0.25) is 5.89 Å². The van der Waals surface area contributed by atoms with Crippen molar-refractivity contribution in [2.75, 3.05) is 32.6 Å². The average Bonchev–Trinajstić information content (AvgIpc) is 3.27. The van der Waals surface area contributed by atoms with Crippen molar-refractivity contribution in [3.05, 3.63) is 47.3 Å². The van der Waals surface area contributed by atoms with E-state index in [4.69, 9.17) is 14.1 Å². The maximum Gasteiger partial charge on any atom is 0.321 e. The molecule has 5 rings (SSSR count). The van der Waals surface area contributed by atoms with E-state index in [-0.39, 0.29) is 12.1 Å². The van der Waals surface area contributed by atoms with Gasteiger partial charge in [0.15, 0.2) is 5.58 Å². The van der Waals surface area contributed by atoms with E-state index >= 15 is 0 Å². The molecule has 1 atom stereocenters. The predicted octanol–water partition coefficient (Wildman–Crippen LogP) is 4.37. The minimum absolute atomic E-state index is 0.201. The quantitative estimate of drug-likeness (QED) is 0.541. The van der Waals surface area contributed by atoms with E-state index < -0.39 is 5.41 Å². The lowest BCUT2D eigenvalue weighted by Crippen LogP contribution is -2.40. The maximum atomic E-state index is 12.6. The highest BCUT2D eigenvalue weighted by Crippen LogP contribution is 2.52. The van der Waals surface area contributed by atoms with Gasteiger partial charge in [-0.2, -0.15) is 5.26 Å². The molecule has 7 heteroatoms. The number of nitriles is 1. The van der Waals surface area contributed by atoms with Crippen molar-refractivity contribution in [1.82, 2.24) is 9.88 Å². The Morgan fingerprint density at radius 1 is 1.30 bits per heavy atom. The molecule has 0 amide bonds. The Morgan fingerprint density at radius 3 is 2.64 bits per heavy atom. The van der Waals surface area contributed by atoms with Gasteiger partial charge in [0.1, 0.15) is 17.0 Å². The number of hydrogen-bond acceptors (Lipinski definition) is 7. The van der Waals surface area contributed by atoms with Gasteiger partial charge in [-0.05, 0) is 57.8 Å². The van der Waals surface area contributed by atoms with E-state index in [1.54, 1.807) is 0 Å². The van der Waals surface area contributed by atoms with Crippen molar-refractivity contribution in [3.8, 4) is 17.2 Å². The molecule has 2 aliphatic rings. The molecule has 1 aliphatic carbocycles. The lowest BCUT2D eigenvalue weighted by atomic mass is 9.93. The van der Waals surface area contributed by atoms with E-state index in [9.17, 15) is 10.1 Å². The molecule has 0 spiro atoms. The van der Waals surface area contributed by atoms with Crippen LogP contribution in [0.15, 0.2) is 34.7 Å². The van der Waals surface area contributed by atoms with Crippen LogP contribution in [-0.4, -0.2) is 49.8 Å². The van der Waals surface area contributed by atoms with Crippen LogP contribution in [0.4, 0.5) is 5.69 Å². The third kappa shape index (κ3) is 3.20. The molecule has 0 radical (unpaired) electrons. The summed E-state index contributed by atoms with van der Waals surface area (Å²) in [5.41, 5.74) is 4.59. The first-order valence-corrected chi connectivity index (χ1v) is 11.4. The topological polar surface area (TPSA) is 82.6 Å². The van der Waals surface area contributed by atoms with Gasteiger partial charge < -0.3 is 14.1 Å². The fourth-order valence-electron chi connectivity index (χ4n) is 5.19. The van der Waals surface area contributed by atoms with E-state index in [2.05, 4.69) is 42.1 Å². The molecule has 3 aromatic rings. The Hall–Kier alpha value is -3.37. The Kier molecular flexibility index (Phi) is 5.13. The van der Waals surface area contributed by atoms with Crippen LogP contribution in [0.1, 0.15) is 42.7 Å². The van der Waals surface area contributed by atoms with Crippen LogP contribution < -0.4 is 4.90 Å². The standard InChI is InChI=1S/C26H28N4O3/c1-16-18(15-27)21-23(33-24(28-21)26(12-13-26)25(31)32-4)22(20(16)17-9-6-5-7-10-17)30-14-8-11-19(30)29(2)3/h5-7,9-10,19H,8,11-14H2,1-4H3/t19-/m0/s1. The lowest BCUT2D eigenvalue weighted by Gasteiger charge is -2.33. The first-order chi connectivity index (χ1) is 15.9. The number of nitrogens with zero attached hydrogens (tertiary/aromatic N) is 4. The summed E-state index contributed by atoms with van der Waals surface area (Å²) in [5.74, 6) is 0.0220. The molecule has 170 valence electrons. The lowest BCUT2D eigenvalue weighted by molar-refractivity contribution is -0.144. The predicted molar refractivity (Wildman–Crippen MR) is 126 cm³/mol. The number of oxazole rings is 1. The summed E-state index contributed by atoms with van der Waals surface area (Å²) in [6, 6.07) is 12.5. The number of fused-ring (bicyclic) bond motifs is 1. The van der Waals surface area contributed by atoms with Crippen molar-refractivity contribution < 1.29 is 13.9 Å². The zero-order valence-corrected chi connectivity index (χ0v) is 19.5. The Morgan fingerprint density at radius 2 is 2.03 bits per heavy atom. The fraction of sp³-hybridized carbons (Fsp3) is 0.423. The molecule has 2 fully saturated rings. The molecule has 0 bridgehead atoms. The SMILES string of the molecule is COC(=O)C1(c2nc3c(C#N)c(C)c(-c4ccccc4)c(N4CCC[C@H]4N(C)C)c3o2)CC1. The van der Waals surface area contributed by atoms with E-state index in [1.165, 1.54) is 7.11 Å². The van der Waals surface area contributed by atoms with Crippen LogP contribution in [-0.2, 0) is 14.9 Å². The van der Waals surface area contributed by atoms with Gasteiger partial charge in [-0.3, -0.25) is 9.69 Å². The summed E-state index contributed by atoms with van der Waals surface area (Å²) < 4.78 is 11.5. The van der Waals surface area contributed by atoms with Crippen molar-refractivity contribution in [3.63, 3.8) is 0 Å². The zero-order chi connectivity index (χ0) is 23.3. The second-order valence-electron chi connectivity index (χ2n) is 9.25. The minimum Gasteiger partial charge on any atom is -0.468 e. The number of carbonyl (C=O) groups is 1.